The van der Waals surface area contributed by atoms with Gasteiger partial charge in [-0.15, -0.1) is 11.3 Å². The zero-order valence-electron chi connectivity index (χ0n) is 15.7. The smallest absolute Gasteiger partial charge is 0.271 e. The fourth-order valence-corrected chi connectivity index (χ4v) is 3.30. The van der Waals surface area contributed by atoms with Gasteiger partial charge in [-0.05, 0) is 42.5 Å². The molecule has 2 aromatic carbocycles. The molecule has 0 radical (unpaired) electrons. The molecule has 0 saturated heterocycles. The average molecular weight is 410 g/mol. The van der Waals surface area contributed by atoms with E-state index in [0.29, 0.717) is 22.3 Å². The van der Waals surface area contributed by atoms with Gasteiger partial charge >= 0.3 is 0 Å². The molecule has 0 bridgehead atoms. The Morgan fingerprint density at radius 3 is 2.66 bits per heavy atom. The molecular weight excluding hydrogens is 392 g/mol. The van der Waals surface area contributed by atoms with Crippen molar-refractivity contribution in [2.24, 2.45) is 5.10 Å². The minimum Gasteiger partial charge on any atom is -0.508 e. The van der Waals surface area contributed by atoms with Crippen molar-refractivity contribution in [1.82, 2.24) is 10.4 Å². The van der Waals surface area contributed by atoms with E-state index in [4.69, 9.17) is 4.74 Å². The Morgan fingerprint density at radius 2 is 2.00 bits per heavy atom. The third-order valence-corrected chi connectivity index (χ3v) is 4.66. The third-order valence-electron chi connectivity index (χ3n) is 3.82. The molecule has 9 heteroatoms. The van der Waals surface area contributed by atoms with Gasteiger partial charge in [-0.3, -0.25) is 14.5 Å². The zero-order chi connectivity index (χ0) is 20.8. The van der Waals surface area contributed by atoms with Gasteiger partial charge in [0.1, 0.15) is 11.5 Å². The van der Waals surface area contributed by atoms with E-state index in [9.17, 15) is 14.7 Å². The van der Waals surface area contributed by atoms with Crippen LogP contribution in [0.15, 0.2) is 59.0 Å². The molecule has 148 valence electrons. The van der Waals surface area contributed by atoms with Crippen molar-refractivity contribution in [1.29, 1.82) is 0 Å². The maximum atomic E-state index is 12.1. The van der Waals surface area contributed by atoms with Crippen LogP contribution in [0.1, 0.15) is 23.0 Å². The summed E-state index contributed by atoms with van der Waals surface area (Å²) in [5.74, 6) is 0.0294. The van der Waals surface area contributed by atoms with Gasteiger partial charge in [-0.2, -0.15) is 5.10 Å². The van der Waals surface area contributed by atoms with Gasteiger partial charge < -0.3 is 9.84 Å². The number of aromatic hydroxyl groups is 1. The highest BCUT2D eigenvalue weighted by atomic mass is 32.1. The summed E-state index contributed by atoms with van der Waals surface area (Å²) >= 11 is 1.27. The van der Waals surface area contributed by atoms with Crippen LogP contribution in [-0.4, -0.2) is 35.2 Å². The van der Waals surface area contributed by atoms with E-state index in [1.165, 1.54) is 41.5 Å². The lowest BCUT2D eigenvalue weighted by atomic mass is 10.2. The fourth-order valence-electron chi connectivity index (χ4n) is 2.47. The minimum absolute atomic E-state index is 0.00590. The Bertz CT molecular complexity index is 1050. The molecule has 0 atom stereocenters. The first-order valence-electron chi connectivity index (χ1n) is 8.50. The number of nitrogens with zero attached hydrogens (tertiary/aromatic N) is 3. The Morgan fingerprint density at radius 1 is 1.24 bits per heavy atom. The second-order valence-corrected chi connectivity index (χ2v) is 6.69. The molecule has 0 aliphatic heterocycles. The number of hydrogen-bond acceptors (Lipinski definition) is 7. The number of carbonyl (C=O) groups is 2. The number of carbonyl (C=O) groups excluding carboxylic acids is 2. The molecule has 29 heavy (non-hydrogen) atoms. The molecule has 1 heterocycles. The predicted octanol–water partition coefficient (Wildman–Crippen LogP) is 3.31. The number of nitrogens with one attached hydrogen (secondary N) is 1. The number of anilines is 2. The second kappa shape index (κ2) is 8.98. The minimum atomic E-state index is -0.462. The molecule has 2 amide bonds. The number of hydrazone groups is 1. The van der Waals surface area contributed by atoms with Gasteiger partial charge in [0, 0.05) is 17.9 Å². The van der Waals surface area contributed by atoms with Crippen LogP contribution in [0.3, 0.4) is 0 Å². The number of aromatic nitrogens is 1. The Kier molecular flexibility index (Phi) is 6.20. The number of benzene rings is 2. The molecule has 0 aliphatic carbocycles. The highest BCUT2D eigenvalue weighted by molar-refractivity contribution is 7.14. The maximum Gasteiger partial charge on any atom is 0.271 e. The molecule has 3 rings (SSSR count). The number of ether oxygens (including phenoxy) is 1. The quantitative estimate of drug-likeness (QED) is 0.479. The van der Waals surface area contributed by atoms with Gasteiger partial charge in [0.05, 0.1) is 24.7 Å². The molecule has 1 aromatic heterocycles. The third kappa shape index (κ3) is 4.96. The molecule has 2 N–H and O–H groups in total. The van der Waals surface area contributed by atoms with E-state index in [0.717, 1.165) is 0 Å². The molecule has 0 saturated carbocycles. The van der Waals surface area contributed by atoms with Crippen molar-refractivity contribution < 1.29 is 19.4 Å². The number of thiazole rings is 1. The Hall–Kier alpha value is -3.72. The van der Waals surface area contributed by atoms with Gasteiger partial charge in [0.25, 0.3) is 5.91 Å². The van der Waals surface area contributed by atoms with E-state index in [-0.39, 0.29) is 17.2 Å². The Balaban J connectivity index is 1.71. The first kappa shape index (κ1) is 20.0. The van der Waals surface area contributed by atoms with Crippen LogP contribution >= 0.6 is 11.3 Å². The number of hydrogen-bond donors (Lipinski definition) is 2. The van der Waals surface area contributed by atoms with Gasteiger partial charge in [-0.1, -0.05) is 6.07 Å². The van der Waals surface area contributed by atoms with Gasteiger partial charge in [0.15, 0.2) is 5.13 Å². The predicted molar refractivity (Wildman–Crippen MR) is 111 cm³/mol. The molecule has 0 aliphatic rings. The average Bonchev–Trinajstić information content (AvgIpc) is 3.16. The number of methoxy groups -OCH3 is 1. The molecule has 8 nitrogen and oxygen atoms in total. The van der Waals surface area contributed by atoms with Crippen molar-refractivity contribution in [2.45, 2.75) is 6.92 Å². The van der Waals surface area contributed by atoms with Crippen LogP contribution in [0.5, 0.6) is 11.5 Å². The number of rotatable bonds is 6. The van der Waals surface area contributed by atoms with Crippen LogP contribution in [0.4, 0.5) is 10.8 Å². The van der Waals surface area contributed by atoms with Gasteiger partial charge in [0.2, 0.25) is 5.91 Å². The number of phenols is 1. The fraction of sp³-hybridized carbons (Fsp3) is 0.100. The van der Waals surface area contributed by atoms with Crippen molar-refractivity contribution in [3.8, 4) is 11.5 Å². The highest BCUT2D eigenvalue weighted by Crippen LogP contribution is 2.29. The summed E-state index contributed by atoms with van der Waals surface area (Å²) in [6.07, 6.45) is 1.38. The lowest BCUT2D eigenvalue weighted by molar-refractivity contribution is -0.115. The van der Waals surface area contributed by atoms with Crippen LogP contribution < -0.4 is 15.1 Å². The van der Waals surface area contributed by atoms with Crippen LogP contribution in [-0.2, 0) is 4.79 Å². The standard InChI is InChI=1S/C20H18N4O4S/c1-13(25)24(16-6-8-18(28-2)9-7-16)20-22-15(12-29-20)11-21-23-19(27)14-4-3-5-17(26)10-14/h3-12,26H,1-2H3,(H,23,27)/b21-11-. The summed E-state index contributed by atoms with van der Waals surface area (Å²) in [5.41, 5.74) is 3.80. The molecular formula is C20H18N4O4S. The van der Waals surface area contributed by atoms with Crippen molar-refractivity contribution in [2.75, 3.05) is 12.0 Å². The first-order valence-corrected chi connectivity index (χ1v) is 9.38. The largest absolute Gasteiger partial charge is 0.508 e. The maximum absolute atomic E-state index is 12.1. The van der Waals surface area contributed by atoms with Crippen molar-refractivity contribution >= 4 is 40.2 Å². The van der Waals surface area contributed by atoms with Crippen LogP contribution in [0.2, 0.25) is 0 Å². The number of amides is 2. The Labute approximate surface area is 171 Å². The van der Waals surface area contributed by atoms with Crippen molar-refractivity contribution in [3.05, 3.63) is 65.2 Å². The van der Waals surface area contributed by atoms with E-state index in [1.54, 1.807) is 48.9 Å². The lowest BCUT2D eigenvalue weighted by Gasteiger charge is -2.18. The zero-order valence-corrected chi connectivity index (χ0v) is 16.5. The van der Waals surface area contributed by atoms with Crippen LogP contribution in [0.25, 0.3) is 0 Å². The SMILES string of the molecule is COc1ccc(N(C(C)=O)c2nc(/C=N\NC(=O)c3cccc(O)c3)cs2)cc1. The van der Waals surface area contributed by atoms with Crippen molar-refractivity contribution in [3.63, 3.8) is 0 Å². The summed E-state index contributed by atoms with van der Waals surface area (Å²) in [6, 6.07) is 13.0. The summed E-state index contributed by atoms with van der Waals surface area (Å²) in [4.78, 5) is 30.0. The summed E-state index contributed by atoms with van der Waals surface area (Å²) in [7, 11) is 1.57. The first-order chi connectivity index (χ1) is 14.0. The second-order valence-electron chi connectivity index (χ2n) is 5.86. The van der Waals surface area contributed by atoms with Gasteiger partial charge in [-0.25, -0.2) is 10.4 Å². The number of phenolic OH excluding ortho intramolecular Hbond substituents is 1. The highest BCUT2D eigenvalue weighted by Gasteiger charge is 2.17. The van der Waals surface area contributed by atoms with E-state index in [1.807, 2.05) is 0 Å². The normalized spacial score (nSPS) is 10.7. The van der Waals surface area contributed by atoms with E-state index >= 15 is 0 Å². The summed E-state index contributed by atoms with van der Waals surface area (Å²) in [6.45, 7) is 1.45. The van der Waals surface area contributed by atoms with E-state index in [2.05, 4.69) is 15.5 Å². The lowest BCUT2D eigenvalue weighted by Crippen LogP contribution is -2.22. The summed E-state index contributed by atoms with van der Waals surface area (Å²) < 4.78 is 5.14. The van der Waals surface area contributed by atoms with Crippen LogP contribution in [0, 0.1) is 0 Å². The molecule has 0 fully saturated rings. The summed E-state index contributed by atoms with van der Waals surface area (Å²) in [5, 5.41) is 15.5. The molecule has 0 unspecified atom stereocenters. The molecule has 0 spiro atoms. The van der Waals surface area contributed by atoms with E-state index < -0.39 is 5.91 Å². The topological polar surface area (TPSA) is 104 Å². The molecule has 3 aromatic rings. The monoisotopic (exact) mass is 410 g/mol.